The minimum Gasteiger partial charge on any atom is -0.291 e. The van der Waals surface area contributed by atoms with Gasteiger partial charge in [0.25, 0.3) is 5.56 Å². The lowest BCUT2D eigenvalue weighted by atomic mass is 10.1. The average molecular weight is 374 g/mol. The lowest BCUT2D eigenvalue weighted by Gasteiger charge is -2.15. The maximum Gasteiger partial charge on any atom is 0.373 e. The summed E-state index contributed by atoms with van der Waals surface area (Å²) in [6, 6.07) is 11.6. The molecule has 3 rings (SSSR count). The van der Waals surface area contributed by atoms with Gasteiger partial charge in [0, 0.05) is 10.7 Å². The van der Waals surface area contributed by atoms with Crippen LogP contribution >= 0.6 is 15.9 Å². The molecule has 0 fully saturated rings. The van der Waals surface area contributed by atoms with Gasteiger partial charge in [0.05, 0.1) is 11.4 Å². The molecule has 0 radical (unpaired) electrons. The van der Waals surface area contributed by atoms with Crippen LogP contribution in [0.15, 0.2) is 58.2 Å². The van der Waals surface area contributed by atoms with Crippen LogP contribution in [0.5, 0.6) is 0 Å². The standard InChI is InChI=1S/C15H12BrN3O.CO2/c1-10(11-5-3-2-4-6-11)19-9-18-14-13(15(19)20)7-12(16)8-17-14;2-1-3/h2-10H,1H3;. The van der Waals surface area contributed by atoms with Crippen molar-refractivity contribution in [3.8, 4) is 0 Å². The minimum absolute atomic E-state index is 0.0698. The Labute approximate surface area is 139 Å². The van der Waals surface area contributed by atoms with E-state index < -0.39 is 0 Å². The van der Waals surface area contributed by atoms with Gasteiger partial charge in [-0.15, -0.1) is 0 Å². The fourth-order valence-electron chi connectivity index (χ4n) is 2.17. The Balaban J connectivity index is 0.000000595. The number of halogens is 1. The highest BCUT2D eigenvalue weighted by molar-refractivity contribution is 9.10. The molecule has 23 heavy (non-hydrogen) atoms. The van der Waals surface area contributed by atoms with Crippen molar-refractivity contribution in [1.82, 2.24) is 14.5 Å². The van der Waals surface area contributed by atoms with Gasteiger partial charge < -0.3 is 0 Å². The van der Waals surface area contributed by atoms with E-state index in [9.17, 15) is 4.79 Å². The molecule has 6 nitrogen and oxygen atoms in total. The lowest BCUT2D eigenvalue weighted by Crippen LogP contribution is -2.24. The van der Waals surface area contributed by atoms with Crippen molar-refractivity contribution in [3.63, 3.8) is 0 Å². The molecule has 0 N–H and O–H groups in total. The molecular formula is C16H12BrN3O3. The number of rotatable bonds is 2. The Bertz CT molecular complexity index is 903. The van der Waals surface area contributed by atoms with Crippen molar-refractivity contribution >= 4 is 33.1 Å². The summed E-state index contributed by atoms with van der Waals surface area (Å²) < 4.78 is 2.40. The zero-order valence-corrected chi connectivity index (χ0v) is 13.7. The Hall–Kier alpha value is -2.63. The predicted octanol–water partition coefficient (Wildman–Crippen LogP) is 2.58. The number of hydrogen-bond acceptors (Lipinski definition) is 5. The molecular weight excluding hydrogens is 362 g/mol. The van der Waals surface area contributed by atoms with E-state index in [-0.39, 0.29) is 17.8 Å². The molecule has 1 atom stereocenters. The van der Waals surface area contributed by atoms with Crippen molar-refractivity contribution in [1.29, 1.82) is 0 Å². The molecule has 7 heteroatoms. The van der Waals surface area contributed by atoms with Gasteiger partial charge in [0.2, 0.25) is 0 Å². The second-order valence-corrected chi connectivity index (χ2v) is 5.57. The number of nitrogens with zero attached hydrogens (tertiary/aromatic N) is 3. The van der Waals surface area contributed by atoms with E-state index in [1.54, 1.807) is 23.2 Å². The second kappa shape index (κ2) is 7.58. The number of carbonyl (C=O) groups excluding carboxylic acids is 2. The highest BCUT2D eigenvalue weighted by Crippen LogP contribution is 2.17. The summed E-state index contributed by atoms with van der Waals surface area (Å²) in [5, 5.41) is 0.518. The van der Waals surface area contributed by atoms with Crippen LogP contribution in [0.2, 0.25) is 0 Å². The van der Waals surface area contributed by atoms with E-state index in [1.165, 1.54) is 0 Å². The van der Waals surface area contributed by atoms with Crippen molar-refractivity contribution in [2.75, 3.05) is 0 Å². The molecule has 0 amide bonds. The molecule has 1 unspecified atom stereocenters. The quantitative estimate of drug-likeness (QED) is 0.689. The van der Waals surface area contributed by atoms with E-state index in [1.807, 2.05) is 37.3 Å². The van der Waals surface area contributed by atoms with Gasteiger partial charge in [-0.25, -0.2) is 9.97 Å². The summed E-state index contributed by atoms with van der Waals surface area (Å²) in [7, 11) is 0. The molecule has 0 saturated carbocycles. The van der Waals surface area contributed by atoms with E-state index in [4.69, 9.17) is 9.59 Å². The zero-order chi connectivity index (χ0) is 16.8. The van der Waals surface area contributed by atoms with Crippen LogP contribution in [0.3, 0.4) is 0 Å². The molecule has 0 bridgehead atoms. The summed E-state index contributed by atoms with van der Waals surface area (Å²) in [6.07, 6.45) is 3.45. The summed E-state index contributed by atoms with van der Waals surface area (Å²) in [6.45, 7) is 1.98. The fraction of sp³-hybridized carbons (Fsp3) is 0.125. The van der Waals surface area contributed by atoms with Crippen molar-refractivity contribution in [2.45, 2.75) is 13.0 Å². The second-order valence-electron chi connectivity index (χ2n) is 4.65. The van der Waals surface area contributed by atoms with Crippen LogP contribution in [0, 0.1) is 0 Å². The smallest absolute Gasteiger partial charge is 0.291 e. The maximum absolute atomic E-state index is 12.6. The zero-order valence-electron chi connectivity index (χ0n) is 12.1. The largest absolute Gasteiger partial charge is 0.373 e. The molecule has 1 aromatic carbocycles. The molecule has 0 aliphatic carbocycles. The molecule has 3 aromatic rings. The molecule has 2 aromatic heterocycles. The number of benzene rings is 1. The Morgan fingerprint density at radius 2 is 1.83 bits per heavy atom. The highest BCUT2D eigenvalue weighted by atomic mass is 79.9. The summed E-state index contributed by atoms with van der Waals surface area (Å²) >= 11 is 3.33. The third kappa shape index (κ3) is 3.77. The van der Waals surface area contributed by atoms with Gasteiger partial charge >= 0.3 is 6.15 Å². The minimum atomic E-state index is -0.0832. The van der Waals surface area contributed by atoms with Gasteiger partial charge in [-0.3, -0.25) is 9.36 Å². The summed E-state index contributed by atoms with van der Waals surface area (Å²) in [5.74, 6) is 0. The van der Waals surface area contributed by atoms with Gasteiger partial charge in [0.15, 0.2) is 5.65 Å². The molecule has 0 aliphatic heterocycles. The number of pyridine rings is 1. The SMILES string of the molecule is CC(c1ccccc1)n1cnc2ncc(Br)cc2c1=O.O=C=O. The lowest BCUT2D eigenvalue weighted by molar-refractivity contribution is -0.191. The Kier molecular flexibility index (Phi) is 5.51. The molecule has 0 spiro atoms. The van der Waals surface area contributed by atoms with Crippen molar-refractivity contribution in [3.05, 3.63) is 69.3 Å². The number of aromatic nitrogens is 3. The molecule has 2 heterocycles. The third-order valence-corrected chi connectivity index (χ3v) is 3.74. The van der Waals surface area contributed by atoms with Crippen LogP contribution in [-0.2, 0) is 9.59 Å². The van der Waals surface area contributed by atoms with Gasteiger partial charge in [-0.05, 0) is 34.5 Å². The molecule has 116 valence electrons. The first-order valence-electron chi connectivity index (χ1n) is 6.65. The normalized spacial score (nSPS) is 11.2. The number of hydrogen-bond donors (Lipinski definition) is 0. The first-order chi connectivity index (χ1) is 11.1. The van der Waals surface area contributed by atoms with E-state index >= 15 is 0 Å². The van der Waals surface area contributed by atoms with Gasteiger partial charge in [-0.1, -0.05) is 30.3 Å². The maximum atomic E-state index is 12.6. The van der Waals surface area contributed by atoms with E-state index in [2.05, 4.69) is 25.9 Å². The molecule has 0 aliphatic rings. The number of fused-ring (bicyclic) bond motifs is 1. The third-order valence-electron chi connectivity index (χ3n) is 3.30. The van der Waals surface area contributed by atoms with Crippen LogP contribution in [0.25, 0.3) is 11.0 Å². The average Bonchev–Trinajstić information content (AvgIpc) is 2.57. The van der Waals surface area contributed by atoms with Gasteiger partial charge in [-0.2, -0.15) is 9.59 Å². The van der Waals surface area contributed by atoms with Crippen LogP contribution in [0.4, 0.5) is 0 Å². The topological polar surface area (TPSA) is 81.9 Å². The monoisotopic (exact) mass is 373 g/mol. The van der Waals surface area contributed by atoms with Crippen LogP contribution in [0.1, 0.15) is 18.5 Å². The Morgan fingerprint density at radius 3 is 2.48 bits per heavy atom. The van der Waals surface area contributed by atoms with Gasteiger partial charge in [0.1, 0.15) is 6.33 Å². The van der Waals surface area contributed by atoms with Crippen LogP contribution in [-0.4, -0.2) is 20.7 Å². The summed E-state index contributed by atoms with van der Waals surface area (Å²) in [5.41, 5.74) is 1.45. The van der Waals surface area contributed by atoms with Crippen molar-refractivity contribution in [2.24, 2.45) is 0 Å². The first-order valence-corrected chi connectivity index (χ1v) is 7.44. The highest BCUT2D eigenvalue weighted by Gasteiger charge is 2.12. The van der Waals surface area contributed by atoms with E-state index in [0.29, 0.717) is 11.0 Å². The predicted molar refractivity (Wildman–Crippen MR) is 86.8 cm³/mol. The fourth-order valence-corrected chi connectivity index (χ4v) is 2.50. The summed E-state index contributed by atoms with van der Waals surface area (Å²) in [4.78, 5) is 37.2. The Morgan fingerprint density at radius 1 is 1.17 bits per heavy atom. The van der Waals surface area contributed by atoms with Crippen molar-refractivity contribution < 1.29 is 9.59 Å². The first kappa shape index (κ1) is 16.7. The van der Waals surface area contributed by atoms with Crippen LogP contribution < -0.4 is 5.56 Å². The van der Waals surface area contributed by atoms with E-state index in [0.717, 1.165) is 10.0 Å². The molecule has 0 saturated heterocycles.